The molecule has 5 heteroatoms. The summed E-state index contributed by atoms with van der Waals surface area (Å²) in [5.74, 6) is -1.24. The van der Waals surface area contributed by atoms with Crippen molar-refractivity contribution in [3.05, 3.63) is 41.0 Å². The number of hydrogen-bond acceptors (Lipinski definition) is 3. The summed E-state index contributed by atoms with van der Waals surface area (Å²) in [5, 5.41) is 11.6. The Hall–Kier alpha value is -2.14. The van der Waals surface area contributed by atoms with E-state index in [1.807, 2.05) is 20.8 Å². The molecule has 5 nitrogen and oxygen atoms in total. The summed E-state index contributed by atoms with van der Waals surface area (Å²) in [4.78, 5) is 22.8. The Balaban J connectivity index is 2.96. The smallest absolute Gasteiger partial charge is 0.328 e. The van der Waals surface area contributed by atoms with Gasteiger partial charge >= 0.3 is 5.97 Å². The minimum atomic E-state index is -1.02. The number of hydrogen-bond donors (Lipinski definition) is 2. The van der Waals surface area contributed by atoms with Gasteiger partial charge in [0.15, 0.2) is 0 Å². The third kappa shape index (κ3) is 5.39. The molecule has 0 aromatic heterocycles. The molecule has 0 aliphatic carbocycles. The molecule has 1 rings (SSSR count). The number of carbonyl (C=O) groups excluding carboxylic acids is 1. The fourth-order valence-electron chi connectivity index (χ4n) is 1.90. The van der Waals surface area contributed by atoms with Crippen LogP contribution in [-0.2, 0) is 9.53 Å². The zero-order valence-electron chi connectivity index (χ0n) is 12.8. The zero-order valence-corrected chi connectivity index (χ0v) is 12.8. The number of ether oxygens (including phenoxy) is 1. The largest absolute Gasteiger partial charge is 0.478 e. The van der Waals surface area contributed by atoms with Crippen LogP contribution in [0.3, 0.4) is 0 Å². The lowest BCUT2D eigenvalue weighted by Gasteiger charge is -2.25. The van der Waals surface area contributed by atoms with Gasteiger partial charge in [-0.15, -0.1) is 0 Å². The van der Waals surface area contributed by atoms with Crippen LogP contribution in [0.4, 0.5) is 0 Å². The Labute approximate surface area is 124 Å². The highest BCUT2D eigenvalue weighted by Gasteiger charge is 2.21. The van der Waals surface area contributed by atoms with E-state index < -0.39 is 11.5 Å². The summed E-state index contributed by atoms with van der Waals surface area (Å²) < 4.78 is 5.06. The third-order valence-electron chi connectivity index (χ3n) is 2.90. The lowest BCUT2D eigenvalue weighted by molar-refractivity contribution is -0.131. The van der Waals surface area contributed by atoms with Crippen LogP contribution >= 0.6 is 0 Å². The minimum Gasteiger partial charge on any atom is -0.478 e. The fraction of sp³-hybridized carbons (Fsp3) is 0.375. The Morgan fingerprint density at radius 2 is 2.05 bits per heavy atom. The van der Waals surface area contributed by atoms with Gasteiger partial charge in [-0.1, -0.05) is 6.07 Å². The van der Waals surface area contributed by atoms with Gasteiger partial charge in [-0.2, -0.15) is 0 Å². The van der Waals surface area contributed by atoms with E-state index in [0.29, 0.717) is 17.7 Å². The summed E-state index contributed by atoms with van der Waals surface area (Å²) >= 11 is 0. The summed E-state index contributed by atoms with van der Waals surface area (Å²) in [7, 11) is 1.58. The van der Waals surface area contributed by atoms with Gasteiger partial charge in [0.2, 0.25) is 0 Å². The first kappa shape index (κ1) is 16.9. The molecule has 2 N–H and O–H groups in total. The van der Waals surface area contributed by atoms with E-state index in [-0.39, 0.29) is 5.91 Å². The topological polar surface area (TPSA) is 75.6 Å². The molecule has 1 aromatic carbocycles. The number of amides is 1. The lowest BCUT2D eigenvalue weighted by Crippen LogP contribution is -2.46. The summed E-state index contributed by atoms with van der Waals surface area (Å²) in [6, 6.07) is 5.18. The van der Waals surface area contributed by atoms with Crippen molar-refractivity contribution in [2.24, 2.45) is 0 Å². The van der Waals surface area contributed by atoms with Crippen LogP contribution in [0.25, 0.3) is 6.08 Å². The third-order valence-corrected chi connectivity index (χ3v) is 2.90. The van der Waals surface area contributed by atoms with E-state index in [2.05, 4.69) is 5.32 Å². The molecule has 1 amide bonds. The first-order valence-corrected chi connectivity index (χ1v) is 6.58. The second-order valence-corrected chi connectivity index (χ2v) is 5.51. The number of aliphatic carboxylic acids is 1. The van der Waals surface area contributed by atoms with Gasteiger partial charge in [0.1, 0.15) is 0 Å². The van der Waals surface area contributed by atoms with Crippen molar-refractivity contribution in [2.75, 3.05) is 13.7 Å². The number of benzene rings is 1. The van der Waals surface area contributed by atoms with Crippen LogP contribution in [0.5, 0.6) is 0 Å². The molecule has 0 fully saturated rings. The maximum Gasteiger partial charge on any atom is 0.328 e. The first-order chi connectivity index (χ1) is 9.75. The molecule has 0 radical (unpaired) electrons. The molecular formula is C16H21NO4. The molecule has 0 saturated carbocycles. The van der Waals surface area contributed by atoms with Gasteiger partial charge in [0.25, 0.3) is 5.91 Å². The fourth-order valence-corrected chi connectivity index (χ4v) is 1.90. The molecule has 114 valence electrons. The van der Waals surface area contributed by atoms with Crippen LogP contribution < -0.4 is 5.32 Å². The predicted octanol–water partition coefficient (Wildman–Crippen LogP) is 2.25. The molecule has 0 heterocycles. The first-order valence-electron chi connectivity index (χ1n) is 6.58. The number of carboxylic acid groups (broad SMARTS) is 1. The van der Waals surface area contributed by atoms with Crippen LogP contribution in [0, 0.1) is 6.92 Å². The second-order valence-electron chi connectivity index (χ2n) is 5.51. The number of methoxy groups -OCH3 is 1. The van der Waals surface area contributed by atoms with Crippen molar-refractivity contribution in [2.45, 2.75) is 26.3 Å². The Morgan fingerprint density at radius 3 is 2.62 bits per heavy atom. The number of aryl methyl sites for hydroxylation is 1. The van der Waals surface area contributed by atoms with Crippen molar-refractivity contribution in [3.8, 4) is 0 Å². The van der Waals surface area contributed by atoms with E-state index in [0.717, 1.165) is 11.6 Å². The highest BCUT2D eigenvalue weighted by molar-refractivity contribution is 5.95. The van der Waals surface area contributed by atoms with Crippen molar-refractivity contribution >= 4 is 18.0 Å². The standard InChI is InChI=1S/C16H21NO4/c1-11-5-6-13(9-12(11)7-8-14(18)19)15(20)17-16(2,3)10-21-4/h5-9H,10H2,1-4H3,(H,17,20)(H,18,19)/b8-7+. The molecule has 1 aromatic rings. The average molecular weight is 291 g/mol. The molecule has 0 spiro atoms. The summed E-state index contributed by atoms with van der Waals surface area (Å²) in [5.41, 5.74) is 1.61. The van der Waals surface area contributed by atoms with Gasteiger partial charge in [-0.25, -0.2) is 4.79 Å². The van der Waals surface area contributed by atoms with Crippen molar-refractivity contribution in [1.29, 1.82) is 0 Å². The van der Waals surface area contributed by atoms with E-state index >= 15 is 0 Å². The molecule has 0 unspecified atom stereocenters. The lowest BCUT2D eigenvalue weighted by atomic mass is 10.0. The summed E-state index contributed by atoms with van der Waals surface area (Å²) in [6.07, 6.45) is 2.54. The molecule has 0 atom stereocenters. The Morgan fingerprint density at radius 1 is 1.38 bits per heavy atom. The molecule has 0 aliphatic rings. The molecule has 0 bridgehead atoms. The quantitative estimate of drug-likeness (QED) is 0.788. The van der Waals surface area contributed by atoms with Crippen molar-refractivity contribution < 1.29 is 19.4 Å². The monoisotopic (exact) mass is 291 g/mol. The van der Waals surface area contributed by atoms with Crippen LogP contribution in [0.1, 0.15) is 35.3 Å². The molecule has 0 saturated heterocycles. The van der Waals surface area contributed by atoms with E-state index in [4.69, 9.17) is 9.84 Å². The van der Waals surface area contributed by atoms with Gasteiger partial charge in [0.05, 0.1) is 12.1 Å². The van der Waals surface area contributed by atoms with E-state index in [1.165, 1.54) is 6.08 Å². The van der Waals surface area contributed by atoms with Gasteiger partial charge in [-0.3, -0.25) is 4.79 Å². The predicted molar refractivity (Wildman–Crippen MR) is 81.3 cm³/mol. The van der Waals surface area contributed by atoms with Crippen LogP contribution in [0.2, 0.25) is 0 Å². The van der Waals surface area contributed by atoms with E-state index in [9.17, 15) is 9.59 Å². The molecular weight excluding hydrogens is 270 g/mol. The SMILES string of the molecule is COCC(C)(C)NC(=O)c1ccc(C)c(/C=C/C(=O)O)c1. The Kier molecular flexibility index (Phi) is 5.67. The Bertz CT molecular complexity index is 561. The van der Waals surface area contributed by atoms with E-state index in [1.54, 1.807) is 25.3 Å². The van der Waals surface area contributed by atoms with Gasteiger partial charge < -0.3 is 15.2 Å². The second kappa shape index (κ2) is 7.04. The average Bonchev–Trinajstić information content (AvgIpc) is 2.36. The van der Waals surface area contributed by atoms with Gasteiger partial charge in [-0.05, 0) is 50.1 Å². The van der Waals surface area contributed by atoms with Crippen LogP contribution in [-0.4, -0.2) is 36.2 Å². The van der Waals surface area contributed by atoms with Gasteiger partial charge in [0, 0.05) is 18.7 Å². The summed E-state index contributed by atoms with van der Waals surface area (Å²) in [6.45, 7) is 6.00. The number of nitrogens with one attached hydrogen (secondary N) is 1. The number of carbonyl (C=O) groups is 2. The maximum absolute atomic E-state index is 12.2. The zero-order chi connectivity index (χ0) is 16.0. The molecule has 21 heavy (non-hydrogen) atoms. The highest BCUT2D eigenvalue weighted by Crippen LogP contribution is 2.14. The molecule has 0 aliphatic heterocycles. The number of carboxylic acids is 1. The highest BCUT2D eigenvalue weighted by atomic mass is 16.5. The maximum atomic E-state index is 12.2. The van der Waals surface area contributed by atoms with Crippen molar-refractivity contribution in [3.63, 3.8) is 0 Å². The van der Waals surface area contributed by atoms with Crippen molar-refractivity contribution in [1.82, 2.24) is 5.32 Å². The van der Waals surface area contributed by atoms with Crippen LogP contribution in [0.15, 0.2) is 24.3 Å². The normalized spacial score (nSPS) is 11.6. The minimum absolute atomic E-state index is 0.220. The number of rotatable bonds is 6.